The predicted molar refractivity (Wildman–Crippen MR) is 73.1 cm³/mol. The maximum atomic E-state index is 11.8. The van der Waals surface area contributed by atoms with Crippen molar-refractivity contribution in [1.29, 1.82) is 0 Å². The standard InChI is InChI=1S/C16H16O3/c1-3-10-16(12-17,11-4-2)13-19-15(18)14-8-6-5-7-9-14/h1-2,5-9,17H,10-13H2. The van der Waals surface area contributed by atoms with Gasteiger partial charge in [-0.15, -0.1) is 24.7 Å². The summed E-state index contributed by atoms with van der Waals surface area (Å²) < 4.78 is 5.20. The van der Waals surface area contributed by atoms with Gasteiger partial charge in [0.15, 0.2) is 0 Å². The summed E-state index contributed by atoms with van der Waals surface area (Å²) in [6.07, 6.45) is 11.1. The molecule has 0 aliphatic carbocycles. The second-order valence-corrected chi connectivity index (χ2v) is 4.36. The maximum absolute atomic E-state index is 11.8. The Morgan fingerprint density at radius 1 is 1.21 bits per heavy atom. The molecule has 0 saturated carbocycles. The number of aliphatic hydroxyl groups is 1. The summed E-state index contributed by atoms with van der Waals surface area (Å²) >= 11 is 0. The Balaban J connectivity index is 2.70. The molecule has 0 heterocycles. The van der Waals surface area contributed by atoms with Gasteiger partial charge in [0.05, 0.1) is 12.2 Å². The van der Waals surface area contributed by atoms with E-state index in [1.54, 1.807) is 24.3 Å². The molecule has 1 aromatic carbocycles. The third kappa shape index (κ3) is 4.17. The molecule has 0 aliphatic heterocycles. The molecular formula is C16H16O3. The van der Waals surface area contributed by atoms with E-state index in [1.807, 2.05) is 6.07 Å². The molecule has 0 bridgehead atoms. The molecule has 0 spiro atoms. The van der Waals surface area contributed by atoms with Crippen LogP contribution >= 0.6 is 0 Å². The summed E-state index contributed by atoms with van der Waals surface area (Å²) in [4.78, 5) is 11.8. The second kappa shape index (κ2) is 7.26. The number of hydrogen-bond acceptors (Lipinski definition) is 3. The summed E-state index contributed by atoms with van der Waals surface area (Å²) in [6.45, 7) is -0.213. The third-order valence-electron chi connectivity index (χ3n) is 2.81. The van der Waals surface area contributed by atoms with Gasteiger partial charge in [0, 0.05) is 18.3 Å². The van der Waals surface area contributed by atoms with Gasteiger partial charge in [0.1, 0.15) is 6.61 Å². The molecule has 0 saturated heterocycles. The van der Waals surface area contributed by atoms with E-state index < -0.39 is 11.4 Å². The van der Waals surface area contributed by atoms with Gasteiger partial charge in [-0.3, -0.25) is 0 Å². The lowest BCUT2D eigenvalue weighted by atomic mass is 9.83. The molecule has 3 nitrogen and oxygen atoms in total. The first-order chi connectivity index (χ1) is 9.17. The van der Waals surface area contributed by atoms with E-state index in [4.69, 9.17) is 17.6 Å². The molecule has 0 unspecified atom stereocenters. The van der Waals surface area contributed by atoms with Crippen molar-refractivity contribution in [1.82, 2.24) is 0 Å². The van der Waals surface area contributed by atoms with Crippen LogP contribution in [0.1, 0.15) is 23.2 Å². The van der Waals surface area contributed by atoms with Crippen LogP contribution in [-0.4, -0.2) is 24.3 Å². The van der Waals surface area contributed by atoms with Crippen LogP contribution < -0.4 is 0 Å². The number of benzene rings is 1. The zero-order valence-electron chi connectivity index (χ0n) is 10.6. The highest BCUT2D eigenvalue weighted by Crippen LogP contribution is 2.26. The third-order valence-corrected chi connectivity index (χ3v) is 2.81. The fraction of sp³-hybridized carbons (Fsp3) is 0.312. The Labute approximate surface area is 113 Å². The lowest BCUT2D eigenvalue weighted by molar-refractivity contribution is 0.0133. The summed E-state index contributed by atoms with van der Waals surface area (Å²) in [5.74, 6) is 4.47. The van der Waals surface area contributed by atoms with E-state index in [1.165, 1.54) is 0 Å². The minimum absolute atomic E-state index is 0.00558. The molecule has 1 rings (SSSR count). The first-order valence-corrected chi connectivity index (χ1v) is 5.87. The summed E-state index contributed by atoms with van der Waals surface area (Å²) in [5.41, 5.74) is -0.302. The Morgan fingerprint density at radius 2 is 1.79 bits per heavy atom. The lowest BCUT2D eigenvalue weighted by Crippen LogP contribution is -2.31. The summed E-state index contributed by atoms with van der Waals surface area (Å²) in [6, 6.07) is 8.62. The highest BCUT2D eigenvalue weighted by atomic mass is 16.5. The number of esters is 1. The number of hydrogen-bond donors (Lipinski definition) is 1. The number of terminal acetylenes is 2. The topological polar surface area (TPSA) is 46.5 Å². The fourth-order valence-corrected chi connectivity index (χ4v) is 1.63. The zero-order chi connectivity index (χ0) is 14.1. The number of ether oxygens (including phenoxy) is 1. The molecule has 0 radical (unpaired) electrons. The quantitative estimate of drug-likeness (QED) is 0.624. The van der Waals surface area contributed by atoms with Gasteiger partial charge in [0.25, 0.3) is 0 Å². The van der Waals surface area contributed by atoms with Crippen molar-refractivity contribution in [2.45, 2.75) is 12.8 Å². The molecule has 0 fully saturated rings. The minimum atomic E-state index is -0.756. The molecule has 0 aliphatic rings. The Hall–Kier alpha value is -2.23. The van der Waals surface area contributed by atoms with E-state index in [9.17, 15) is 9.90 Å². The SMILES string of the molecule is C#CCC(CO)(CC#C)COC(=O)c1ccccc1. The Bertz CT molecular complexity index is 475. The smallest absolute Gasteiger partial charge is 0.338 e. The van der Waals surface area contributed by atoms with Crippen LogP contribution in [0, 0.1) is 30.1 Å². The van der Waals surface area contributed by atoms with E-state index in [-0.39, 0.29) is 26.1 Å². The van der Waals surface area contributed by atoms with Crippen LogP contribution in [0.15, 0.2) is 30.3 Å². The van der Waals surface area contributed by atoms with Gasteiger partial charge >= 0.3 is 5.97 Å². The van der Waals surface area contributed by atoms with Crippen molar-refractivity contribution in [3.8, 4) is 24.7 Å². The van der Waals surface area contributed by atoms with Gasteiger partial charge in [-0.05, 0) is 12.1 Å². The first-order valence-electron chi connectivity index (χ1n) is 5.87. The monoisotopic (exact) mass is 256 g/mol. The number of carbonyl (C=O) groups is 1. The molecule has 0 atom stereocenters. The van der Waals surface area contributed by atoms with Crippen LogP contribution in [0.5, 0.6) is 0 Å². The molecule has 1 N–H and O–H groups in total. The minimum Gasteiger partial charge on any atom is -0.461 e. The number of carbonyl (C=O) groups excluding carboxylic acids is 1. The Kier molecular flexibility index (Phi) is 5.67. The van der Waals surface area contributed by atoms with Crippen molar-refractivity contribution >= 4 is 5.97 Å². The molecule has 19 heavy (non-hydrogen) atoms. The largest absolute Gasteiger partial charge is 0.461 e. The number of aliphatic hydroxyl groups excluding tert-OH is 1. The van der Waals surface area contributed by atoms with Crippen molar-refractivity contribution < 1.29 is 14.6 Å². The van der Waals surface area contributed by atoms with Gasteiger partial charge < -0.3 is 9.84 Å². The van der Waals surface area contributed by atoms with E-state index in [0.717, 1.165) is 0 Å². The van der Waals surface area contributed by atoms with Crippen molar-refractivity contribution in [3.63, 3.8) is 0 Å². The zero-order valence-corrected chi connectivity index (χ0v) is 10.6. The van der Waals surface area contributed by atoms with Crippen molar-refractivity contribution in [3.05, 3.63) is 35.9 Å². The highest BCUT2D eigenvalue weighted by Gasteiger charge is 2.30. The van der Waals surface area contributed by atoms with Crippen molar-refractivity contribution in [2.75, 3.05) is 13.2 Å². The lowest BCUT2D eigenvalue weighted by Gasteiger charge is -2.27. The van der Waals surface area contributed by atoms with E-state index >= 15 is 0 Å². The Morgan fingerprint density at radius 3 is 2.26 bits per heavy atom. The average molecular weight is 256 g/mol. The molecule has 0 aromatic heterocycles. The van der Waals surface area contributed by atoms with Crippen molar-refractivity contribution in [2.24, 2.45) is 5.41 Å². The van der Waals surface area contributed by atoms with Crippen LogP contribution in [0.25, 0.3) is 0 Å². The van der Waals surface area contributed by atoms with Gasteiger partial charge in [-0.2, -0.15) is 0 Å². The molecule has 3 heteroatoms. The maximum Gasteiger partial charge on any atom is 0.338 e. The first kappa shape index (κ1) is 14.8. The van der Waals surface area contributed by atoms with Crippen LogP contribution in [0.4, 0.5) is 0 Å². The molecule has 1 aromatic rings. The predicted octanol–water partition coefficient (Wildman–Crippen LogP) is 1.87. The second-order valence-electron chi connectivity index (χ2n) is 4.36. The van der Waals surface area contributed by atoms with Gasteiger partial charge in [0.2, 0.25) is 0 Å². The van der Waals surface area contributed by atoms with Crippen LogP contribution in [0.3, 0.4) is 0 Å². The molecular weight excluding hydrogens is 240 g/mol. The fourth-order valence-electron chi connectivity index (χ4n) is 1.63. The molecule has 98 valence electrons. The summed E-state index contributed by atoms with van der Waals surface area (Å²) in [5, 5.41) is 9.44. The molecule has 0 amide bonds. The van der Waals surface area contributed by atoms with E-state index in [2.05, 4.69) is 11.8 Å². The van der Waals surface area contributed by atoms with E-state index in [0.29, 0.717) is 5.56 Å². The van der Waals surface area contributed by atoms with Gasteiger partial charge in [-0.1, -0.05) is 18.2 Å². The number of rotatable bonds is 6. The normalized spacial score (nSPS) is 10.3. The van der Waals surface area contributed by atoms with Gasteiger partial charge in [-0.25, -0.2) is 4.79 Å². The highest BCUT2D eigenvalue weighted by molar-refractivity contribution is 5.89. The van der Waals surface area contributed by atoms with Crippen LogP contribution in [-0.2, 0) is 4.74 Å². The summed E-state index contributed by atoms with van der Waals surface area (Å²) in [7, 11) is 0. The average Bonchev–Trinajstić information content (AvgIpc) is 2.46. The van der Waals surface area contributed by atoms with Crippen LogP contribution in [0.2, 0.25) is 0 Å².